The second-order valence-corrected chi connectivity index (χ2v) is 7.76. The zero-order valence-corrected chi connectivity index (χ0v) is 13.6. The molecule has 1 aliphatic rings. The standard InChI is InChI=1S/C18H28N2O/c1-17(2,3)12-15(13-8-6-5-7-9-13)20-16(21)18(4,19)14-10-11-14/h5-9,14-15H,10-12,19H2,1-4H3,(H,20,21). The van der Waals surface area contributed by atoms with Crippen LogP contribution in [0.5, 0.6) is 0 Å². The number of benzene rings is 1. The van der Waals surface area contributed by atoms with Gasteiger partial charge >= 0.3 is 0 Å². The second kappa shape index (κ2) is 5.80. The molecule has 0 radical (unpaired) electrons. The molecule has 1 aromatic carbocycles. The van der Waals surface area contributed by atoms with E-state index < -0.39 is 5.54 Å². The van der Waals surface area contributed by atoms with E-state index in [0.717, 1.165) is 24.8 Å². The van der Waals surface area contributed by atoms with Crippen molar-refractivity contribution in [3.05, 3.63) is 35.9 Å². The number of rotatable bonds is 5. The van der Waals surface area contributed by atoms with Gasteiger partial charge in [-0.1, -0.05) is 51.1 Å². The van der Waals surface area contributed by atoms with Crippen LogP contribution in [0.25, 0.3) is 0 Å². The van der Waals surface area contributed by atoms with E-state index in [4.69, 9.17) is 5.73 Å². The summed E-state index contributed by atoms with van der Waals surface area (Å²) in [4.78, 5) is 12.6. The Kier molecular flexibility index (Phi) is 4.43. The smallest absolute Gasteiger partial charge is 0.240 e. The van der Waals surface area contributed by atoms with Gasteiger partial charge in [0, 0.05) is 0 Å². The average Bonchev–Trinajstić information content (AvgIpc) is 3.22. The molecule has 1 fully saturated rings. The Morgan fingerprint density at radius 1 is 1.24 bits per heavy atom. The van der Waals surface area contributed by atoms with E-state index in [1.54, 1.807) is 0 Å². The largest absolute Gasteiger partial charge is 0.348 e. The van der Waals surface area contributed by atoms with Crippen molar-refractivity contribution in [1.82, 2.24) is 5.32 Å². The molecule has 1 aliphatic carbocycles. The van der Waals surface area contributed by atoms with Crippen LogP contribution in [0.2, 0.25) is 0 Å². The highest BCUT2D eigenvalue weighted by atomic mass is 16.2. The highest BCUT2D eigenvalue weighted by Crippen LogP contribution is 2.39. The fourth-order valence-electron chi connectivity index (χ4n) is 2.73. The van der Waals surface area contributed by atoms with E-state index >= 15 is 0 Å². The minimum atomic E-state index is -0.745. The van der Waals surface area contributed by atoms with E-state index in [-0.39, 0.29) is 17.4 Å². The summed E-state index contributed by atoms with van der Waals surface area (Å²) in [5.41, 5.74) is 6.78. The van der Waals surface area contributed by atoms with Crippen molar-refractivity contribution in [2.75, 3.05) is 0 Å². The van der Waals surface area contributed by atoms with Gasteiger partial charge in [0.2, 0.25) is 5.91 Å². The SMILES string of the molecule is CC(C)(C)CC(NC(=O)C(C)(N)C1CC1)c1ccccc1. The first-order valence-electron chi connectivity index (χ1n) is 7.85. The van der Waals surface area contributed by atoms with Gasteiger partial charge in [0.25, 0.3) is 0 Å². The van der Waals surface area contributed by atoms with Crippen LogP contribution >= 0.6 is 0 Å². The third-order valence-electron chi connectivity index (χ3n) is 4.24. The minimum absolute atomic E-state index is 0.0142. The summed E-state index contributed by atoms with van der Waals surface area (Å²) < 4.78 is 0. The fraction of sp³-hybridized carbons (Fsp3) is 0.611. The lowest BCUT2D eigenvalue weighted by Gasteiger charge is -2.31. The van der Waals surface area contributed by atoms with Crippen LogP contribution in [0.3, 0.4) is 0 Å². The molecule has 2 atom stereocenters. The molecule has 3 heteroatoms. The number of hydrogen-bond acceptors (Lipinski definition) is 2. The normalized spacial score (nSPS) is 19.7. The maximum Gasteiger partial charge on any atom is 0.240 e. The molecule has 0 spiro atoms. The predicted molar refractivity (Wildman–Crippen MR) is 86.7 cm³/mol. The third-order valence-corrected chi connectivity index (χ3v) is 4.24. The summed E-state index contributed by atoms with van der Waals surface area (Å²) in [5, 5.41) is 3.19. The number of nitrogens with one attached hydrogen (secondary N) is 1. The van der Waals surface area contributed by atoms with Crippen molar-refractivity contribution in [3.8, 4) is 0 Å². The fourth-order valence-corrected chi connectivity index (χ4v) is 2.73. The number of carbonyl (C=O) groups is 1. The molecule has 0 aromatic heterocycles. The van der Waals surface area contributed by atoms with Crippen molar-refractivity contribution >= 4 is 5.91 Å². The van der Waals surface area contributed by atoms with Gasteiger partial charge < -0.3 is 11.1 Å². The monoisotopic (exact) mass is 288 g/mol. The van der Waals surface area contributed by atoms with Crippen LogP contribution in [0, 0.1) is 11.3 Å². The molecule has 1 aromatic rings. The van der Waals surface area contributed by atoms with Crippen LogP contribution in [0.15, 0.2) is 30.3 Å². The van der Waals surface area contributed by atoms with E-state index in [0.29, 0.717) is 5.92 Å². The first kappa shape index (κ1) is 16.0. The van der Waals surface area contributed by atoms with E-state index in [2.05, 4.69) is 38.2 Å². The summed E-state index contributed by atoms with van der Waals surface area (Å²) in [5.74, 6) is 0.312. The molecule has 3 N–H and O–H groups in total. The van der Waals surface area contributed by atoms with E-state index in [1.165, 1.54) is 0 Å². The van der Waals surface area contributed by atoms with E-state index in [9.17, 15) is 4.79 Å². The molecule has 116 valence electrons. The molecule has 3 nitrogen and oxygen atoms in total. The lowest BCUT2D eigenvalue weighted by atomic mass is 9.84. The molecule has 0 aliphatic heterocycles. The average molecular weight is 288 g/mol. The predicted octanol–water partition coefficient (Wildman–Crippen LogP) is 3.41. The first-order chi connectivity index (χ1) is 9.70. The van der Waals surface area contributed by atoms with Crippen LogP contribution in [-0.4, -0.2) is 11.4 Å². The van der Waals surface area contributed by atoms with Crippen molar-refractivity contribution in [3.63, 3.8) is 0 Å². The molecule has 2 unspecified atom stereocenters. The summed E-state index contributed by atoms with van der Waals surface area (Å²) in [6, 6.07) is 10.2. The van der Waals surface area contributed by atoms with Gasteiger partial charge in [-0.05, 0) is 43.1 Å². The highest BCUT2D eigenvalue weighted by molar-refractivity contribution is 5.86. The second-order valence-electron chi connectivity index (χ2n) is 7.76. The molecule has 0 saturated heterocycles. The van der Waals surface area contributed by atoms with Crippen LogP contribution in [0.4, 0.5) is 0 Å². The Morgan fingerprint density at radius 3 is 2.29 bits per heavy atom. The van der Waals surface area contributed by atoms with Crippen molar-refractivity contribution < 1.29 is 4.79 Å². The lowest BCUT2D eigenvalue weighted by Crippen LogP contribution is -2.54. The van der Waals surface area contributed by atoms with Gasteiger partial charge in [-0.25, -0.2) is 0 Å². The zero-order valence-electron chi connectivity index (χ0n) is 13.6. The molecule has 21 heavy (non-hydrogen) atoms. The minimum Gasteiger partial charge on any atom is -0.348 e. The molecule has 2 rings (SSSR count). The number of carbonyl (C=O) groups excluding carboxylic acids is 1. The van der Waals surface area contributed by atoms with Crippen molar-refractivity contribution in [1.29, 1.82) is 0 Å². The van der Waals surface area contributed by atoms with Crippen LogP contribution < -0.4 is 11.1 Å². The molecular formula is C18H28N2O. The molecule has 1 amide bonds. The maximum absolute atomic E-state index is 12.6. The zero-order chi connectivity index (χ0) is 15.7. The topological polar surface area (TPSA) is 55.1 Å². The Bertz CT molecular complexity index is 484. The maximum atomic E-state index is 12.6. The Morgan fingerprint density at radius 2 is 1.81 bits per heavy atom. The van der Waals surface area contributed by atoms with Crippen molar-refractivity contribution in [2.45, 2.75) is 58.5 Å². The number of hydrogen-bond donors (Lipinski definition) is 2. The van der Waals surface area contributed by atoms with Crippen LogP contribution in [-0.2, 0) is 4.79 Å². The van der Waals surface area contributed by atoms with Gasteiger partial charge in [0.1, 0.15) is 0 Å². The van der Waals surface area contributed by atoms with Gasteiger partial charge in [-0.2, -0.15) is 0 Å². The highest BCUT2D eigenvalue weighted by Gasteiger charge is 2.44. The van der Waals surface area contributed by atoms with Gasteiger partial charge in [-0.15, -0.1) is 0 Å². The molecule has 0 bridgehead atoms. The molecular weight excluding hydrogens is 260 g/mol. The number of amides is 1. The lowest BCUT2D eigenvalue weighted by molar-refractivity contribution is -0.127. The number of nitrogens with two attached hydrogens (primary N) is 1. The Balaban J connectivity index is 2.14. The Labute approximate surface area is 128 Å². The molecule has 0 heterocycles. The quantitative estimate of drug-likeness (QED) is 0.872. The van der Waals surface area contributed by atoms with Crippen molar-refractivity contribution in [2.24, 2.45) is 17.1 Å². The van der Waals surface area contributed by atoms with E-state index in [1.807, 2.05) is 25.1 Å². The summed E-state index contributed by atoms with van der Waals surface area (Å²) in [6.07, 6.45) is 3.02. The summed E-state index contributed by atoms with van der Waals surface area (Å²) in [7, 11) is 0. The summed E-state index contributed by atoms with van der Waals surface area (Å²) in [6.45, 7) is 8.44. The van der Waals surface area contributed by atoms with Gasteiger partial charge in [-0.3, -0.25) is 4.79 Å². The van der Waals surface area contributed by atoms with Gasteiger partial charge in [0.05, 0.1) is 11.6 Å². The summed E-state index contributed by atoms with van der Waals surface area (Å²) >= 11 is 0. The third kappa shape index (κ3) is 4.31. The van der Waals surface area contributed by atoms with Crippen LogP contribution in [0.1, 0.15) is 58.6 Å². The Hall–Kier alpha value is -1.35. The molecule has 1 saturated carbocycles. The van der Waals surface area contributed by atoms with Gasteiger partial charge in [0.15, 0.2) is 0 Å². The first-order valence-corrected chi connectivity index (χ1v) is 7.85.